The lowest BCUT2D eigenvalue weighted by Crippen LogP contribution is -2.09. The standard InChI is InChI=1S/C14H25N3OS/c1-4-6-12-13(15-7-5-2)16-10-17-14(12)19-9-11(3)8-18/h10-11,18H,4-9H2,1-3H3,(H,15,16,17). The number of nitrogens with zero attached hydrogens (tertiary/aromatic N) is 2. The van der Waals surface area contributed by atoms with Crippen molar-refractivity contribution >= 4 is 17.6 Å². The van der Waals surface area contributed by atoms with Gasteiger partial charge in [-0.3, -0.25) is 0 Å². The fourth-order valence-corrected chi connectivity index (χ4v) is 2.71. The molecule has 19 heavy (non-hydrogen) atoms. The maximum atomic E-state index is 9.10. The van der Waals surface area contributed by atoms with Crippen LogP contribution in [0.1, 0.15) is 39.2 Å². The van der Waals surface area contributed by atoms with Crippen molar-refractivity contribution < 1.29 is 5.11 Å². The summed E-state index contributed by atoms with van der Waals surface area (Å²) in [7, 11) is 0. The van der Waals surface area contributed by atoms with Crippen LogP contribution in [0.2, 0.25) is 0 Å². The van der Waals surface area contributed by atoms with E-state index in [9.17, 15) is 0 Å². The summed E-state index contributed by atoms with van der Waals surface area (Å²) in [5, 5.41) is 13.5. The van der Waals surface area contributed by atoms with Gasteiger partial charge in [0.1, 0.15) is 17.2 Å². The molecule has 1 rings (SSSR count). The highest BCUT2D eigenvalue weighted by Crippen LogP contribution is 2.27. The Balaban J connectivity index is 2.82. The second-order valence-corrected chi connectivity index (χ2v) is 5.79. The van der Waals surface area contributed by atoms with E-state index in [4.69, 9.17) is 5.11 Å². The van der Waals surface area contributed by atoms with Crippen LogP contribution >= 0.6 is 11.8 Å². The first kappa shape index (κ1) is 16.2. The minimum Gasteiger partial charge on any atom is -0.396 e. The molecule has 2 N–H and O–H groups in total. The van der Waals surface area contributed by atoms with Crippen molar-refractivity contribution in [3.8, 4) is 0 Å². The molecule has 5 heteroatoms. The van der Waals surface area contributed by atoms with Crippen molar-refractivity contribution in [3.05, 3.63) is 11.9 Å². The molecular weight excluding hydrogens is 258 g/mol. The van der Waals surface area contributed by atoms with Crippen LogP contribution in [0.5, 0.6) is 0 Å². The van der Waals surface area contributed by atoms with Crippen molar-refractivity contribution in [3.63, 3.8) is 0 Å². The van der Waals surface area contributed by atoms with E-state index in [1.165, 1.54) is 5.56 Å². The molecular formula is C14H25N3OS. The zero-order chi connectivity index (χ0) is 14.1. The number of aromatic nitrogens is 2. The smallest absolute Gasteiger partial charge is 0.133 e. The molecule has 0 spiro atoms. The summed E-state index contributed by atoms with van der Waals surface area (Å²) in [4.78, 5) is 8.76. The quantitative estimate of drug-likeness (QED) is 0.539. The van der Waals surface area contributed by atoms with E-state index in [1.807, 2.05) is 6.92 Å². The van der Waals surface area contributed by atoms with Gasteiger partial charge in [-0.15, -0.1) is 11.8 Å². The molecule has 108 valence electrons. The highest BCUT2D eigenvalue weighted by molar-refractivity contribution is 7.99. The van der Waals surface area contributed by atoms with Gasteiger partial charge in [0.25, 0.3) is 0 Å². The number of hydrogen-bond donors (Lipinski definition) is 2. The summed E-state index contributed by atoms with van der Waals surface area (Å²) in [6.45, 7) is 7.52. The SMILES string of the molecule is CCCNc1ncnc(SCC(C)CO)c1CCC. The fraction of sp³-hybridized carbons (Fsp3) is 0.714. The Morgan fingerprint density at radius 1 is 1.32 bits per heavy atom. The van der Waals surface area contributed by atoms with Crippen LogP contribution < -0.4 is 5.32 Å². The van der Waals surface area contributed by atoms with Gasteiger partial charge in [-0.25, -0.2) is 9.97 Å². The van der Waals surface area contributed by atoms with Gasteiger partial charge in [0.05, 0.1) is 0 Å². The molecule has 0 radical (unpaired) electrons. The van der Waals surface area contributed by atoms with Crippen LogP contribution in [0.3, 0.4) is 0 Å². The topological polar surface area (TPSA) is 58.0 Å². The summed E-state index contributed by atoms with van der Waals surface area (Å²) in [6, 6.07) is 0. The molecule has 0 aliphatic heterocycles. The van der Waals surface area contributed by atoms with Gasteiger partial charge in [0, 0.05) is 24.5 Å². The third-order valence-corrected chi connectivity index (χ3v) is 4.13. The lowest BCUT2D eigenvalue weighted by molar-refractivity contribution is 0.250. The average molecular weight is 283 g/mol. The second-order valence-electron chi connectivity index (χ2n) is 4.78. The first-order valence-electron chi connectivity index (χ1n) is 7.04. The normalized spacial score (nSPS) is 12.4. The molecule has 0 fully saturated rings. The van der Waals surface area contributed by atoms with Crippen LogP contribution in [-0.2, 0) is 6.42 Å². The summed E-state index contributed by atoms with van der Waals surface area (Å²) in [6.07, 6.45) is 4.78. The first-order valence-corrected chi connectivity index (χ1v) is 8.02. The maximum absolute atomic E-state index is 9.10. The maximum Gasteiger partial charge on any atom is 0.133 e. The minimum absolute atomic E-state index is 0.224. The van der Waals surface area contributed by atoms with Crippen LogP contribution in [0.15, 0.2) is 11.4 Å². The average Bonchev–Trinajstić information content (AvgIpc) is 2.44. The van der Waals surface area contributed by atoms with Gasteiger partial charge in [0.15, 0.2) is 0 Å². The summed E-state index contributed by atoms with van der Waals surface area (Å²) >= 11 is 1.72. The molecule has 0 aromatic carbocycles. The number of thioether (sulfide) groups is 1. The molecule has 0 bridgehead atoms. The first-order chi connectivity index (χ1) is 9.22. The molecule has 1 heterocycles. The molecule has 1 atom stereocenters. The molecule has 0 aliphatic rings. The second kappa shape index (κ2) is 9.15. The van der Waals surface area contributed by atoms with Gasteiger partial charge in [0.2, 0.25) is 0 Å². The Hall–Kier alpha value is -0.810. The number of aliphatic hydroxyl groups is 1. The van der Waals surface area contributed by atoms with Gasteiger partial charge >= 0.3 is 0 Å². The molecule has 1 unspecified atom stereocenters. The molecule has 0 saturated heterocycles. The Kier molecular flexibility index (Phi) is 7.82. The number of rotatable bonds is 9. The van der Waals surface area contributed by atoms with Crippen LogP contribution in [0.25, 0.3) is 0 Å². The van der Waals surface area contributed by atoms with Crippen molar-refractivity contribution in [1.29, 1.82) is 0 Å². The third kappa shape index (κ3) is 5.37. The van der Waals surface area contributed by atoms with E-state index in [1.54, 1.807) is 18.1 Å². The number of hydrogen-bond acceptors (Lipinski definition) is 5. The van der Waals surface area contributed by atoms with E-state index in [0.717, 1.165) is 42.4 Å². The van der Waals surface area contributed by atoms with Crippen molar-refractivity contribution in [2.75, 3.05) is 24.2 Å². The number of nitrogens with one attached hydrogen (secondary N) is 1. The highest BCUT2D eigenvalue weighted by Gasteiger charge is 2.12. The summed E-state index contributed by atoms with van der Waals surface area (Å²) < 4.78 is 0. The fourth-order valence-electron chi connectivity index (χ4n) is 1.67. The molecule has 0 amide bonds. The van der Waals surface area contributed by atoms with Gasteiger partial charge in [-0.1, -0.05) is 27.2 Å². The van der Waals surface area contributed by atoms with Crippen molar-refractivity contribution in [1.82, 2.24) is 9.97 Å². The van der Waals surface area contributed by atoms with Gasteiger partial charge < -0.3 is 10.4 Å². The monoisotopic (exact) mass is 283 g/mol. The van der Waals surface area contributed by atoms with Crippen molar-refractivity contribution in [2.24, 2.45) is 5.92 Å². The molecule has 0 saturated carbocycles. The van der Waals surface area contributed by atoms with E-state index in [-0.39, 0.29) is 6.61 Å². The molecule has 0 aliphatic carbocycles. The van der Waals surface area contributed by atoms with E-state index in [2.05, 4.69) is 29.1 Å². The van der Waals surface area contributed by atoms with Crippen LogP contribution in [0, 0.1) is 5.92 Å². The Bertz CT molecular complexity index is 374. The van der Waals surface area contributed by atoms with Crippen LogP contribution in [0.4, 0.5) is 5.82 Å². The molecule has 1 aromatic heterocycles. The van der Waals surface area contributed by atoms with Gasteiger partial charge in [-0.2, -0.15) is 0 Å². The van der Waals surface area contributed by atoms with Crippen molar-refractivity contribution in [2.45, 2.75) is 45.1 Å². The predicted molar refractivity (Wildman–Crippen MR) is 81.8 cm³/mol. The largest absolute Gasteiger partial charge is 0.396 e. The molecule has 4 nitrogen and oxygen atoms in total. The molecule has 1 aromatic rings. The van der Waals surface area contributed by atoms with Gasteiger partial charge in [-0.05, 0) is 18.8 Å². The lowest BCUT2D eigenvalue weighted by Gasteiger charge is -2.14. The Morgan fingerprint density at radius 3 is 2.74 bits per heavy atom. The Morgan fingerprint density at radius 2 is 2.11 bits per heavy atom. The zero-order valence-electron chi connectivity index (χ0n) is 12.1. The van der Waals surface area contributed by atoms with E-state index in [0.29, 0.717) is 5.92 Å². The predicted octanol–water partition coefficient (Wildman–Crippen LogP) is 2.97. The minimum atomic E-state index is 0.224. The summed E-state index contributed by atoms with van der Waals surface area (Å²) in [5.41, 5.74) is 1.22. The third-order valence-electron chi connectivity index (χ3n) is 2.76. The highest BCUT2D eigenvalue weighted by atomic mass is 32.2. The summed E-state index contributed by atoms with van der Waals surface area (Å²) in [5.74, 6) is 2.15. The number of anilines is 1. The Labute approximate surface area is 120 Å². The zero-order valence-corrected chi connectivity index (χ0v) is 13.0. The number of aliphatic hydroxyl groups excluding tert-OH is 1. The van der Waals surface area contributed by atoms with E-state index < -0.39 is 0 Å². The van der Waals surface area contributed by atoms with E-state index >= 15 is 0 Å². The van der Waals surface area contributed by atoms with Crippen LogP contribution in [-0.4, -0.2) is 34.0 Å². The lowest BCUT2D eigenvalue weighted by atomic mass is 10.2.